The fourth-order valence-electron chi connectivity index (χ4n) is 3.06. The molecule has 0 spiro atoms. The van der Waals surface area contributed by atoms with Crippen LogP contribution in [0.2, 0.25) is 0 Å². The monoisotopic (exact) mass is 389 g/mol. The molecule has 0 aliphatic rings. The average molecular weight is 389 g/mol. The lowest BCUT2D eigenvalue weighted by atomic mass is 10.0. The van der Waals surface area contributed by atoms with Gasteiger partial charge in [0.15, 0.2) is 0 Å². The number of para-hydroxylation sites is 1. The normalized spacial score (nSPS) is 10.6. The molecule has 0 aliphatic carbocycles. The zero-order valence-corrected chi connectivity index (χ0v) is 17.1. The van der Waals surface area contributed by atoms with Gasteiger partial charge in [0.05, 0.1) is 7.11 Å². The summed E-state index contributed by atoms with van der Waals surface area (Å²) >= 11 is 0. The first-order valence-corrected chi connectivity index (χ1v) is 9.80. The number of benzene rings is 2. The molecule has 2 aromatic carbocycles. The van der Waals surface area contributed by atoms with Gasteiger partial charge in [-0.15, -0.1) is 0 Å². The van der Waals surface area contributed by atoms with E-state index in [-0.39, 0.29) is 5.91 Å². The van der Waals surface area contributed by atoms with E-state index in [0.717, 1.165) is 35.7 Å². The second-order valence-electron chi connectivity index (χ2n) is 7.15. The van der Waals surface area contributed by atoms with Crippen molar-refractivity contribution in [3.63, 3.8) is 0 Å². The molecule has 29 heavy (non-hydrogen) atoms. The van der Waals surface area contributed by atoms with E-state index in [1.165, 1.54) is 5.56 Å². The molecule has 3 aromatic rings. The van der Waals surface area contributed by atoms with Gasteiger partial charge in [0, 0.05) is 24.1 Å². The Bertz CT molecular complexity index is 952. The van der Waals surface area contributed by atoms with E-state index in [2.05, 4.69) is 35.5 Å². The van der Waals surface area contributed by atoms with Crippen molar-refractivity contribution in [1.29, 1.82) is 0 Å². The fraction of sp³-hybridized carbons (Fsp3) is 0.250. The topological polar surface area (TPSA) is 63.2 Å². The molecule has 5 nitrogen and oxygen atoms in total. The van der Waals surface area contributed by atoms with Crippen LogP contribution in [0.1, 0.15) is 41.4 Å². The minimum Gasteiger partial charge on any atom is -0.496 e. The first kappa shape index (κ1) is 20.4. The molecule has 0 fully saturated rings. The molecule has 0 atom stereocenters. The zero-order chi connectivity index (χ0) is 20.6. The van der Waals surface area contributed by atoms with Crippen molar-refractivity contribution in [2.24, 2.45) is 0 Å². The standard InChI is InChI=1S/C24H27N3O2/c1-17(2)18-8-10-20(11-9-18)27-24(28)22-16-21(13-15-26-22)25-14-12-19-6-4-5-7-23(19)29-3/h4-11,13,15-17H,12,14H2,1-3H3,(H,25,26)(H,27,28). The van der Waals surface area contributed by atoms with Crippen molar-refractivity contribution in [3.8, 4) is 5.75 Å². The molecular formula is C24H27N3O2. The number of hydrogen-bond donors (Lipinski definition) is 2. The van der Waals surface area contributed by atoms with Gasteiger partial charge in [-0.2, -0.15) is 0 Å². The molecule has 150 valence electrons. The summed E-state index contributed by atoms with van der Waals surface area (Å²) in [7, 11) is 1.68. The third kappa shape index (κ3) is 5.57. The van der Waals surface area contributed by atoms with Crippen LogP contribution in [0.15, 0.2) is 66.9 Å². The second-order valence-corrected chi connectivity index (χ2v) is 7.15. The molecule has 3 rings (SSSR count). The number of ether oxygens (including phenoxy) is 1. The molecule has 1 aromatic heterocycles. The lowest BCUT2D eigenvalue weighted by Gasteiger charge is -2.11. The number of nitrogens with zero attached hydrogens (tertiary/aromatic N) is 1. The Morgan fingerprint density at radius 1 is 1.03 bits per heavy atom. The van der Waals surface area contributed by atoms with Gasteiger partial charge in [-0.25, -0.2) is 0 Å². The van der Waals surface area contributed by atoms with Crippen LogP contribution >= 0.6 is 0 Å². The van der Waals surface area contributed by atoms with E-state index in [1.54, 1.807) is 19.4 Å². The molecule has 0 bridgehead atoms. The molecule has 0 unspecified atom stereocenters. The number of methoxy groups -OCH3 is 1. The maximum absolute atomic E-state index is 12.5. The van der Waals surface area contributed by atoms with Gasteiger partial charge in [-0.1, -0.05) is 44.2 Å². The number of carbonyl (C=O) groups excluding carboxylic acids is 1. The lowest BCUT2D eigenvalue weighted by molar-refractivity contribution is 0.102. The zero-order valence-electron chi connectivity index (χ0n) is 17.1. The number of amides is 1. The third-order valence-electron chi connectivity index (χ3n) is 4.74. The summed E-state index contributed by atoms with van der Waals surface area (Å²) < 4.78 is 5.38. The molecule has 0 saturated heterocycles. The van der Waals surface area contributed by atoms with Crippen LogP contribution in [-0.4, -0.2) is 24.5 Å². The van der Waals surface area contributed by atoms with E-state index in [0.29, 0.717) is 11.6 Å². The Labute approximate surface area is 172 Å². The molecule has 1 amide bonds. The van der Waals surface area contributed by atoms with Crippen molar-refractivity contribution in [2.75, 3.05) is 24.3 Å². The molecule has 1 heterocycles. The van der Waals surface area contributed by atoms with Crippen molar-refractivity contribution < 1.29 is 9.53 Å². The van der Waals surface area contributed by atoms with Gasteiger partial charge < -0.3 is 15.4 Å². The van der Waals surface area contributed by atoms with Crippen LogP contribution in [0.5, 0.6) is 5.75 Å². The van der Waals surface area contributed by atoms with Gasteiger partial charge in [-0.05, 0) is 53.8 Å². The highest BCUT2D eigenvalue weighted by Gasteiger charge is 2.09. The van der Waals surface area contributed by atoms with Crippen molar-refractivity contribution in [1.82, 2.24) is 4.98 Å². The van der Waals surface area contributed by atoms with E-state index >= 15 is 0 Å². The van der Waals surface area contributed by atoms with Crippen LogP contribution in [0.3, 0.4) is 0 Å². The Morgan fingerprint density at radius 2 is 1.79 bits per heavy atom. The highest BCUT2D eigenvalue weighted by molar-refractivity contribution is 6.03. The maximum atomic E-state index is 12.5. The Kier molecular flexibility index (Phi) is 6.85. The van der Waals surface area contributed by atoms with Crippen LogP contribution in [0, 0.1) is 0 Å². The summed E-state index contributed by atoms with van der Waals surface area (Å²) in [5.41, 5.74) is 4.37. The third-order valence-corrected chi connectivity index (χ3v) is 4.74. The first-order valence-electron chi connectivity index (χ1n) is 9.80. The molecule has 0 radical (unpaired) electrons. The second kappa shape index (κ2) is 9.73. The van der Waals surface area contributed by atoms with Crippen LogP contribution in [-0.2, 0) is 6.42 Å². The van der Waals surface area contributed by atoms with Gasteiger partial charge in [0.1, 0.15) is 11.4 Å². The van der Waals surface area contributed by atoms with E-state index in [4.69, 9.17) is 4.74 Å². The minimum absolute atomic E-state index is 0.226. The summed E-state index contributed by atoms with van der Waals surface area (Å²) in [6, 6.07) is 19.5. The highest BCUT2D eigenvalue weighted by Crippen LogP contribution is 2.19. The Balaban J connectivity index is 1.59. The molecule has 2 N–H and O–H groups in total. The molecule has 0 saturated carbocycles. The summed E-state index contributed by atoms with van der Waals surface area (Å²) in [5, 5.41) is 6.25. The smallest absolute Gasteiger partial charge is 0.274 e. The van der Waals surface area contributed by atoms with Crippen LogP contribution < -0.4 is 15.4 Å². The van der Waals surface area contributed by atoms with Crippen LogP contribution in [0.4, 0.5) is 11.4 Å². The van der Waals surface area contributed by atoms with E-state index in [9.17, 15) is 4.79 Å². The maximum Gasteiger partial charge on any atom is 0.274 e. The number of pyridine rings is 1. The number of aromatic nitrogens is 1. The van der Waals surface area contributed by atoms with Crippen molar-refractivity contribution >= 4 is 17.3 Å². The average Bonchev–Trinajstić information content (AvgIpc) is 2.74. The SMILES string of the molecule is COc1ccccc1CCNc1ccnc(C(=O)Nc2ccc(C(C)C)cc2)c1. The van der Waals surface area contributed by atoms with Crippen molar-refractivity contribution in [2.45, 2.75) is 26.2 Å². The molecular weight excluding hydrogens is 362 g/mol. The number of hydrogen-bond acceptors (Lipinski definition) is 4. The fourth-order valence-corrected chi connectivity index (χ4v) is 3.06. The summed E-state index contributed by atoms with van der Waals surface area (Å²) in [6.07, 6.45) is 2.46. The first-order chi connectivity index (χ1) is 14.1. The van der Waals surface area contributed by atoms with Gasteiger partial charge in [0.25, 0.3) is 5.91 Å². The highest BCUT2D eigenvalue weighted by atomic mass is 16.5. The largest absolute Gasteiger partial charge is 0.496 e. The van der Waals surface area contributed by atoms with Crippen molar-refractivity contribution in [3.05, 3.63) is 83.7 Å². The van der Waals surface area contributed by atoms with E-state index in [1.807, 2.05) is 48.5 Å². The summed E-state index contributed by atoms with van der Waals surface area (Å²) in [4.78, 5) is 16.7. The molecule has 5 heteroatoms. The van der Waals surface area contributed by atoms with Crippen LogP contribution in [0.25, 0.3) is 0 Å². The van der Waals surface area contributed by atoms with Gasteiger partial charge >= 0.3 is 0 Å². The summed E-state index contributed by atoms with van der Waals surface area (Å²) in [6.45, 7) is 5.01. The lowest BCUT2D eigenvalue weighted by Crippen LogP contribution is -2.14. The summed E-state index contributed by atoms with van der Waals surface area (Å²) in [5.74, 6) is 1.11. The number of rotatable bonds is 8. The predicted octanol–water partition coefficient (Wildman–Crippen LogP) is 5.12. The Hall–Kier alpha value is -3.34. The number of carbonyl (C=O) groups is 1. The van der Waals surface area contributed by atoms with Gasteiger partial charge in [0.2, 0.25) is 0 Å². The number of nitrogens with one attached hydrogen (secondary N) is 2. The molecule has 0 aliphatic heterocycles. The minimum atomic E-state index is -0.226. The van der Waals surface area contributed by atoms with E-state index < -0.39 is 0 Å². The number of anilines is 2. The predicted molar refractivity (Wildman–Crippen MR) is 118 cm³/mol. The quantitative estimate of drug-likeness (QED) is 0.561. The Morgan fingerprint density at radius 3 is 2.52 bits per heavy atom. The van der Waals surface area contributed by atoms with Gasteiger partial charge in [-0.3, -0.25) is 9.78 Å².